The first-order valence-electron chi connectivity index (χ1n) is 7.22. The SMILES string of the molecule is CC(C)(C)S(=O)NC(CC(=O)O)(c1ccsc1)c1cccc(Br)n1. The Labute approximate surface area is 156 Å². The Morgan fingerprint density at radius 3 is 2.58 bits per heavy atom. The first kappa shape index (κ1) is 19.2. The molecule has 0 radical (unpaired) electrons. The van der Waals surface area contributed by atoms with Gasteiger partial charge in [-0.05, 0) is 71.2 Å². The van der Waals surface area contributed by atoms with Gasteiger partial charge in [-0.25, -0.2) is 13.9 Å². The lowest BCUT2D eigenvalue weighted by Gasteiger charge is -2.35. The highest BCUT2D eigenvalue weighted by molar-refractivity contribution is 9.10. The Balaban J connectivity index is 2.65. The van der Waals surface area contributed by atoms with Crippen LogP contribution in [-0.2, 0) is 21.3 Å². The molecule has 0 saturated heterocycles. The van der Waals surface area contributed by atoms with Crippen molar-refractivity contribution in [2.75, 3.05) is 0 Å². The second-order valence-electron chi connectivity index (χ2n) is 6.32. The quantitative estimate of drug-likeness (QED) is 0.684. The third kappa shape index (κ3) is 4.30. The van der Waals surface area contributed by atoms with Gasteiger partial charge in [-0.2, -0.15) is 11.3 Å². The molecule has 2 N–H and O–H groups in total. The maximum Gasteiger partial charge on any atom is 0.306 e. The minimum absolute atomic E-state index is 0.269. The summed E-state index contributed by atoms with van der Waals surface area (Å²) in [6, 6.07) is 7.14. The Hall–Kier alpha value is -1.09. The first-order valence-corrected chi connectivity index (χ1v) is 10.1. The van der Waals surface area contributed by atoms with E-state index >= 15 is 0 Å². The van der Waals surface area contributed by atoms with Gasteiger partial charge in [0.25, 0.3) is 0 Å². The number of nitrogens with zero attached hydrogens (tertiary/aromatic N) is 1. The van der Waals surface area contributed by atoms with Crippen molar-refractivity contribution in [3.8, 4) is 0 Å². The highest BCUT2D eigenvalue weighted by atomic mass is 79.9. The minimum Gasteiger partial charge on any atom is -0.481 e. The maximum atomic E-state index is 12.8. The molecule has 0 aliphatic rings. The molecular formula is C16H19BrN2O3S2. The van der Waals surface area contributed by atoms with E-state index in [0.717, 1.165) is 5.56 Å². The summed E-state index contributed by atoms with van der Waals surface area (Å²) < 4.78 is 15.9. The van der Waals surface area contributed by atoms with Crippen LogP contribution < -0.4 is 4.72 Å². The fourth-order valence-electron chi connectivity index (χ4n) is 2.18. The molecule has 8 heteroatoms. The van der Waals surface area contributed by atoms with Crippen LogP contribution in [0.1, 0.15) is 38.4 Å². The van der Waals surface area contributed by atoms with Crippen molar-refractivity contribution in [2.24, 2.45) is 0 Å². The molecule has 24 heavy (non-hydrogen) atoms. The molecule has 2 unspecified atom stereocenters. The first-order chi connectivity index (χ1) is 11.1. The molecule has 0 fully saturated rings. The summed E-state index contributed by atoms with van der Waals surface area (Å²) in [4.78, 5) is 16.1. The number of aliphatic carboxylic acids is 1. The zero-order valence-electron chi connectivity index (χ0n) is 13.6. The Morgan fingerprint density at radius 1 is 1.38 bits per heavy atom. The van der Waals surface area contributed by atoms with E-state index in [0.29, 0.717) is 10.3 Å². The lowest BCUT2D eigenvalue weighted by atomic mass is 9.86. The van der Waals surface area contributed by atoms with E-state index in [1.165, 1.54) is 11.3 Å². The van der Waals surface area contributed by atoms with Crippen molar-refractivity contribution >= 4 is 44.2 Å². The molecule has 2 aromatic heterocycles. The highest BCUT2D eigenvalue weighted by Gasteiger charge is 2.42. The third-order valence-corrected chi connectivity index (χ3v) is 6.18. The summed E-state index contributed by atoms with van der Waals surface area (Å²) in [6.07, 6.45) is -0.269. The van der Waals surface area contributed by atoms with Gasteiger partial charge in [-0.3, -0.25) is 4.79 Å². The maximum absolute atomic E-state index is 12.8. The number of thiophene rings is 1. The van der Waals surface area contributed by atoms with Crippen molar-refractivity contribution in [3.63, 3.8) is 0 Å². The van der Waals surface area contributed by atoms with Crippen LogP contribution in [0.2, 0.25) is 0 Å². The number of aromatic nitrogens is 1. The van der Waals surface area contributed by atoms with Gasteiger partial charge in [0, 0.05) is 0 Å². The molecule has 0 amide bonds. The molecule has 2 heterocycles. The summed E-state index contributed by atoms with van der Waals surface area (Å²) in [5, 5.41) is 13.2. The smallest absolute Gasteiger partial charge is 0.306 e. The number of rotatable bonds is 6. The molecule has 0 saturated carbocycles. The second kappa shape index (κ2) is 7.43. The second-order valence-corrected chi connectivity index (χ2v) is 9.88. The summed E-state index contributed by atoms with van der Waals surface area (Å²) >= 11 is 4.79. The summed E-state index contributed by atoms with van der Waals surface area (Å²) in [6.45, 7) is 5.51. The van der Waals surface area contributed by atoms with E-state index in [1.54, 1.807) is 18.2 Å². The van der Waals surface area contributed by atoms with Gasteiger partial charge in [0.15, 0.2) is 0 Å². The van der Waals surface area contributed by atoms with Crippen molar-refractivity contribution in [1.29, 1.82) is 0 Å². The van der Waals surface area contributed by atoms with Crippen LogP contribution in [0.15, 0.2) is 39.6 Å². The zero-order chi connectivity index (χ0) is 18.0. The molecule has 0 spiro atoms. The number of halogens is 1. The number of hydrogen-bond acceptors (Lipinski definition) is 4. The standard InChI is InChI=1S/C16H19BrN2O3S2/c1-15(2,3)24(22)19-16(9-14(20)21,11-7-8-23-10-11)12-5-4-6-13(17)18-12/h4-8,10,19H,9H2,1-3H3,(H,20,21). The number of pyridine rings is 1. The monoisotopic (exact) mass is 430 g/mol. The largest absolute Gasteiger partial charge is 0.481 e. The molecule has 130 valence electrons. The van der Waals surface area contributed by atoms with E-state index in [4.69, 9.17) is 0 Å². The molecule has 0 bridgehead atoms. The fourth-order valence-corrected chi connectivity index (χ4v) is 4.17. The molecule has 0 aromatic carbocycles. The molecule has 2 atom stereocenters. The predicted octanol–water partition coefficient (Wildman–Crippen LogP) is 3.68. The Morgan fingerprint density at radius 2 is 2.08 bits per heavy atom. The van der Waals surface area contributed by atoms with Crippen LogP contribution in [0, 0.1) is 0 Å². The van der Waals surface area contributed by atoms with E-state index in [9.17, 15) is 14.1 Å². The van der Waals surface area contributed by atoms with Gasteiger partial charge in [0.1, 0.15) is 10.1 Å². The summed E-state index contributed by atoms with van der Waals surface area (Å²) in [5.74, 6) is -0.999. The minimum atomic E-state index is -1.48. The van der Waals surface area contributed by atoms with Crippen molar-refractivity contribution in [3.05, 3.63) is 50.9 Å². The average molecular weight is 431 g/mol. The van der Waals surface area contributed by atoms with Crippen molar-refractivity contribution in [1.82, 2.24) is 9.71 Å². The Bertz CT molecular complexity index is 744. The summed E-state index contributed by atoms with van der Waals surface area (Å²) in [5.41, 5.74) is 0.0710. The third-order valence-electron chi connectivity index (χ3n) is 3.41. The van der Waals surface area contributed by atoms with Crippen molar-refractivity contribution in [2.45, 2.75) is 37.5 Å². The summed E-state index contributed by atoms with van der Waals surface area (Å²) in [7, 11) is -1.48. The number of carboxylic acid groups (broad SMARTS) is 1. The topological polar surface area (TPSA) is 79.3 Å². The van der Waals surface area contributed by atoms with Gasteiger partial charge < -0.3 is 5.11 Å². The predicted molar refractivity (Wildman–Crippen MR) is 100 cm³/mol. The molecule has 0 aliphatic carbocycles. The van der Waals surface area contributed by atoms with Crippen LogP contribution in [0.4, 0.5) is 0 Å². The van der Waals surface area contributed by atoms with Gasteiger partial charge in [-0.1, -0.05) is 6.07 Å². The van der Waals surface area contributed by atoms with Gasteiger partial charge in [-0.15, -0.1) is 0 Å². The number of nitrogens with one attached hydrogen (secondary N) is 1. The Kier molecular flexibility index (Phi) is 5.95. The molecule has 5 nitrogen and oxygen atoms in total. The van der Waals surface area contributed by atoms with E-state index in [2.05, 4.69) is 25.6 Å². The zero-order valence-corrected chi connectivity index (χ0v) is 16.8. The molecular weight excluding hydrogens is 412 g/mol. The van der Waals surface area contributed by atoms with Crippen LogP contribution in [0.25, 0.3) is 0 Å². The average Bonchev–Trinajstić information content (AvgIpc) is 2.99. The number of carboxylic acids is 1. The van der Waals surface area contributed by atoms with Gasteiger partial charge in [0.05, 0.1) is 27.8 Å². The van der Waals surface area contributed by atoms with Crippen LogP contribution in [0.5, 0.6) is 0 Å². The highest BCUT2D eigenvalue weighted by Crippen LogP contribution is 2.35. The molecule has 0 aliphatic heterocycles. The number of hydrogen-bond donors (Lipinski definition) is 2. The molecule has 2 aromatic rings. The van der Waals surface area contributed by atoms with Gasteiger partial charge >= 0.3 is 5.97 Å². The van der Waals surface area contributed by atoms with E-state index < -0.39 is 27.2 Å². The number of carbonyl (C=O) groups is 1. The van der Waals surface area contributed by atoms with Crippen molar-refractivity contribution < 1.29 is 14.1 Å². The lowest BCUT2D eigenvalue weighted by molar-refractivity contribution is -0.138. The molecule has 2 rings (SSSR count). The van der Waals surface area contributed by atoms with E-state index in [1.807, 2.05) is 37.6 Å². The normalized spacial score (nSPS) is 15.7. The van der Waals surface area contributed by atoms with Crippen LogP contribution in [0.3, 0.4) is 0 Å². The van der Waals surface area contributed by atoms with Gasteiger partial charge in [0.2, 0.25) is 0 Å². The van der Waals surface area contributed by atoms with Crippen LogP contribution >= 0.6 is 27.3 Å². The van der Waals surface area contributed by atoms with E-state index in [-0.39, 0.29) is 6.42 Å². The van der Waals surface area contributed by atoms with Crippen LogP contribution in [-0.4, -0.2) is 25.0 Å². The lowest BCUT2D eigenvalue weighted by Crippen LogP contribution is -2.50. The fraction of sp³-hybridized carbons (Fsp3) is 0.375.